The summed E-state index contributed by atoms with van der Waals surface area (Å²) in [5.74, 6) is -1.13. The van der Waals surface area contributed by atoms with Crippen molar-refractivity contribution in [1.29, 1.82) is 0 Å². The van der Waals surface area contributed by atoms with Crippen LogP contribution in [0.4, 0.5) is 0 Å². The van der Waals surface area contributed by atoms with Crippen LogP contribution < -0.4 is 10.6 Å². The van der Waals surface area contributed by atoms with Crippen molar-refractivity contribution in [3.8, 4) is 0 Å². The molecular formula is C15H24N4O2. The van der Waals surface area contributed by atoms with Crippen LogP contribution in [0.25, 0.3) is 0 Å². The number of likely N-dealkylation sites (tertiary alicyclic amines) is 1. The second kappa shape index (κ2) is 7.26. The van der Waals surface area contributed by atoms with Gasteiger partial charge >= 0.3 is 11.8 Å². The minimum Gasteiger partial charge on any atom is -0.353 e. The molecule has 1 aromatic rings. The summed E-state index contributed by atoms with van der Waals surface area (Å²) in [6, 6.07) is 4.19. The molecular weight excluding hydrogens is 268 g/mol. The van der Waals surface area contributed by atoms with Crippen LogP contribution >= 0.6 is 0 Å². The summed E-state index contributed by atoms with van der Waals surface area (Å²) < 4.78 is 2.07. The van der Waals surface area contributed by atoms with Crippen molar-refractivity contribution >= 4 is 11.8 Å². The van der Waals surface area contributed by atoms with Crippen LogP contribution in [0, 0.1) is 0 Å². The minimum atomic E-state index is -0.565. The molecule has 0 radical (unpaired) electrons. The lowest BCUT2D eigenvalue weighted by molar-refractivity contribution is -0.139. The highest BCUT2D eigenvalue weighted by atomic mass is 16.2. The molecule has 6 nitrogen and oxygen atoms in total. The first-order valence-electron chi connectivity index (χ1n) is 7.54. The third kappa shape index (κ3) is 3.85. The molecule has 6 heteroatoms. The Morgan fingerprint density at radius 2 is 1.90 bits per heavy atom. The van der Waals surface area contributed by atoms with E-state index in [4.69, 9.17) is 0 Å². The van der Waals surface area contributed by atoms with Gasteiger partial charge in [0.2, 0.25) is 0 Å². The van der Waals surface area contributed by atoms with Crippen molar-refractivity contribution in [2.45, 2.75) is 25.8 Å². The third-order valence-corrected chi connectivity index (χ3v) is 3.91. The zero-order chi connectivity index (χ0) is 15.2. The van der Waals surface area contributed by atoms with Gasteiger partial charge in [-0.2, -0.15) is 0 Å². The normalized spacial score (nSPS) is 16.7. The van der Waals surface area contributed by atoms with E-state index in [1.165, 1.54) is 12.8 Å². The molecule has 0 aliphatic carbocycles. The highest BCUT2D eigenvalue weighted by Gasteiger charge is 2.26. The molecule has 0 saturated carbocycles. The van der Waals surface area contributed by atoms with Gasteiger partial charge in [0, 0.05) is 32.0 Å². The van der Waals surface area contributed by atoms with Crippen LogP contribution in [-0.2, 0) is 16.6 Å². The van der Waals surface area contributed by atoms with Crippen molar-refractivity contribution < 1.29 is 9.59 Å². The van der Waals surface area contributed by atoms with E-state index in [0.29, 0.717) is 13.1 Å². The molecule has 0 aromatic carbocycles. The summed E-state index contributed by atoms with van der Waals surface area (Å²) in [7, 11) is 2.00. The summed E-state index contributed by atoms with van der Waals surface area (Å²) in [6.45, 7) is 4.77. The molecule has 0 bridgehead atoms. The number of carbonyl (C=O) groups excluding carboxylic acids is 2. The van der Waals surface area contributed by atoms with Gasteiger partial charge in [-0.3, -0.25) is 14.5 Å². The summed E-state index contributed by atoms with van der Waals surface area (Å²) in [5, 5.41) is 5.27. The standard InChI is InChI=1S/C15H24N4O2/c1-3-16-14(20)15(21)17-11-13(19-9-4-5-10-19)12-7-6-8-18(12)2/h6-8,13H,3-5,9-11H2,1-2H3,(H,16,20)(H,17,21)/t13-/m0/s1. The highest BCUT2D eigenvalue weighted by molar-refractivity contribution is 6.35. The van der Waals surface area contributed by atoms with E-state index >= 15 is 0 Å². The van der Waals surface area contributed by atoms with E-state index in [2.05, 4.69) is 26.2 Å². The van der Waals surface area contributed by atoms with Crippen LogP contribution in [0.3, 0.4) is 0 Å². The lowest BCUT2D eigenvalue weighted by atomic mass is 10.1. The number of carbonyl (C=O) groups is 2. The molecule has 2 amide bonds. The smallest absolute Gasteiger partial charge is 0.309 e. The van der Waals surface area contributed by atoms with Crippen molar-refractivity contribution in [1.82, 2.24) is 20.1 Å². The average Bonchev–Trinajstić information content (AvgIpc) is 3.12. The molecule has 1 saturated heterocycles. The Hall–Kier alpha value is -1.82. The number of aryl methyl sites for hydroxylation is 1. The van der Waals surface area contributed by atoms with E-state index < -0.39 is 11.8 Å². The number of nitrogens with zero attached hydrogens (tertiary/aromatic N) is 2. The average molecular weight is 292 g/mol. The quantitative estimate of drug-likeness (QED) is 0.773. The second-order valence-corrected chi connectivity index (χ2v) is 5.37. The maximum absolute atomic E-state index is 11.8. The Balaban J connectivity index is 2.01. The lowest BCUT2D eigenvalue weighted by Crippen LogP contribution is -2.44. The Bertz CT molecular complexity index is 492. The predicted molar refractivity (Wildman–Crippen MR) is 80.7 cm³/mol. The summed E-state index contributed by atoms with van der Waals surface area (Å²) in [4.78, 5) is 25.6. The molecule has 116 valence electrons. The van der Waals surface area contributed by atoms with Crippen LogP contribution in [-0.4, -0.2) is 47.5 Å². The van der Waals surface area contributed by atoms with Gasteiger partial charge in [0.25, 0.3) is 0 Å². The molecule has 21 heavy (non-hydrogen) atoms. The van der Waals surface area contributed by atoms with E-state index in [9.17, 15) is 9.59 Å². The van der Waals surface area contributed by atoms with Gasteiger partial charge < -0.3 is 15.2 Å². The fourth-order valence-corrected chi connectivity index (χ4v) is 2.80. The van der Waals surface area contributed by atoms with Gasteiger partial charge in [-0.15, -0.1) is 0 Å². The highest BCUT2D eigenvalue weighted by Crippen LogP contribution is 2.24. The molecule has 1 fully saturated rings. The van der Waals surface area contributed by atoms with E-state index in [1.807, 2.05) is 19.3 Å². The first kappa shape index (κ1) is 15.6. The molecule has 2 N–H and O–H groups in total. The molecule has 2 heterocycles. The number of likely N-dealkylation sites (N-methyl/N-ethyl adjacent to an activating group) is 1. The number of rotatable bonds is 5. The van der Waals surface area contributed by atoms with Gasteiger partial charge in [0.05, 0.1) is 6.04 Å². The Morgan fingerprint density at radius 3 is 2.48 bits per heavy atom. The number of amides is 2. The molecule has 0 spiro atoms. The first-order valence-corrected chi connectivity index (χ1v) is 7.54. The largest absolute Gasteiger partial charge is 0.353 e. The van der Waals surface area contributed by atoms with Gasteiger partial charge in [0.1, 0.15) is 0 Å². The number of aromatic nitrogens is 1. The zero-order valence-corrected chi connectivity index (χ0v) is 12.8. The van der Waals surface area contributed by atoms with Crippen LogP contribution in [0.15, 0.2) is 18.3 Å². The maximum atomic E-state index is 11.8. The van der Waals surface area contributed by atoms with Crippen molar-refractivity contribution in [2.24, 2.45) is 7.05 Å². The Morgan fingerprint density at radius 1 is 1.24 bits per heavy atom. The molecule has 0 unspecified atom stereocenters. The third-order valence-electron chi connectivity index (χ3n) is 3.91. The van der Waals surface area contributed by atoms with Crippen molar-refractivity contribution in [3.63, 3.8) is 0 Å². The minimum absolute atomic E-state index is 0.117. The van der Waals surface area contributed by atoms with Crippen molar-refractivity contribution in [2.75, 3.05) is 26.2 Å². The zero-order valence-electron chi connectivity index (χ0n) is 12.8. The fourth-order valence-electron chi connectivity index (χ4n) is 2.80. The van der Waals surface area contributed by atoms with Crippen molar-refractivity contribution in [3.05, 3.63) is 24.0 Å². The summed E-state index contributed by atoms with van der Waals surface area (Å²) in [6.07, 6.45) is 4.38. The van der Waals surface area contributed by atoms with E-state index in [-0.39, 0.29) is 6.04 Å². The fraction of sp³-hybridized carbons (Fsp3) is 0.600. The number of hydrogen-bond donors (Lipinski definition) is 2. The Labute approximate surface area is 125 Å². The molecule has 1 aromatic heterocycles. The predicted octanol–water partition coefficient (Wildman–Crippen LogP) is 0.414. The monoisotopic (exact) mass is 292 g/mol. The molecule has 2 rings (SSSR count). The van der Waals surface area contributed by atoms with Crippen LogP contribution in [0.1, 0.15) is 31.5 Å². The van der Waals surface area contributed by atoms with E-state index in [0.717, 1.165) is 18.8 Å². The topological polar surface area (TPSA) is 66.4 Å². The SMILES string of the molecule is CCNC(=O)C(=O)NC[C@@H](c1cccn1C)N1CCCC1. The molecule has 1 aliphatic heterocycles. The van der Waals surface area contributed by atoms with E-state index in [1.54, 1.807) is 6.92 Å². The Kier molecular flexibility index (Phi) is 5.38. The van der Waals surface area contributed by atoms with Crippen LogP contribution in [0.5, 0.6) is 0 Å². The van der Waals surface area contributed by atoms with Crippen LogP contribution in [0.2, 0.25) is 0 Å². The first-order chi connectivity index (χ1) is 10.1. The van der Waals surface area contributed by atoms with Gasteiger partial charge in [-0.1, -0.05) is 0 Å². The molecule has 1 atom stereocenters. The van der Waals surface area contributed by atoms with Gasteiger partial charge in [0.15, 0.2) is 0 Å². The molecule has 1 aliphatic rings. The summed E-state index contributed by atoms with van der Waals surface area (Å²) in [5.41, 5.74) is 1.16. The number of nitrogens with one attached hydrogen (secondary N) is 2. The lowest BCUT2D eigenvalue weighted by Gasteiger charge is -2.28. The maximum Gasteiger partial charge on any atom is 0.309 e. The van der Waals surface area contributed by atoms with Gasteiger partial charge in [-0.05, 0) is 45.0 Å². The second-order valence-electron chi connectivity index (χ2n) is 5.37. The van der Waals surface area contributed by atoms with Gasteiger partial charge in [-0.25, -0.2) is 0 Å². The number of hydrogen-bond acceptors (Lipinski definition) is 3. The summed E-state index contributed by atoms with van der Waals surface area (Å²) >= 11 is 0.